The summed E-state index contributed by atoms with van der Waals surface area (Å²) < 4.78 is 8.82. The zero-order chi connectivity index (χ0) is 43.0. The maximum Gasteiger partial charge on any atom is 0.143 e. The molecule has 2 aromatic heterocycles. The highest BCUT2D eigenvalue weighted by molar-refractivity contribution is 6.09. The highest BCUT2D eigenvalue weighted by Gasteiger charge is 2.19. The van der Waals surface area contributed by atoms with Gasteiger partial charge in [-0.15, -0.1) is 0 Å². The maximum absolute atomic E-state index is 6.46. The second-order valence-electron chi connectivity index (χ2n) is 16.1. The summed E-state index contributed by atoms with van der Waals surface area (Å²) in [5.74, 6) is 0. The smallest absolute Gasteiger partial charge is 0.143 e. The van der Waals surface area contributed by atoms with Crippen LogP contribution in [-0.2, 0) is 0 Å². The van der Waals surface area contributed by atoms with Gasteiger partial charge in [0.05, 0.1) is 11.2 Å². The monoisotopic (exact) mass is 820 g/mol. The van der Waals surface area contributed by atoms with Gasteiger partial charge in [0.1, 0.15) is 11.2 Å². The fourth-order valence-electron chi connectivity index (χ4n) is 9.23. The summed E-state index contributed by atoms with van der Waals surface area (Å²) in [7, 11) is 0. The van der Waals surface area contributed by atoms with Gasteiger partial charge in [-0.2, -0.15) is 0 Å². The van der Waals surface area contributed by atoms with Crippen LogP contribution < -0.4 is 4.90 Å². The topological polar surface area (TPSA) is 21.3 Å². The van der Waals surface area contributed by atoms with Gasteiger partial charge in [0, 0.05) is 50.0 Å². The van der Waals surface area contributed by atoms with E-state index in [0.29, 0.717) is 0 Å². The molecule has 0 fully saturated rings. The molecule has 0 radical (unpaired) electrons. The first-order valence-electron chi connectivity index (χ1n) is 21.8. The van der Waals surface area contributed by atoms with Crippen LogP contribution in [0.4, 0.5) is 17.1 Å². The zero-order valence-corrected chi connectivity index (χ0v) is 35.5. The van der Waals surface area contributed by atoms with Crippen LogP contribution in [0.2, 0.25) is 0 Å². The molecule has 64 heavy (non-hydrogen) atoms. The summed E-state index contributed by atoms with van der Waals surface area (Å²) >= 11 is 0. The van der Waals surface area contributed by atoms with Gasteiger partial charge in [0.2, 0.25) is 0 Å². The van der Waals surface area contributed by atoms with E-state index in [-0.39, 0.29) is 0 Å². The Bertz CT molecular complexity index is 3400. The minimum Gasteiger partial charge on any atom is -0.455 e. The maximum atomic E-state index is 6.46. The van der Waals surface area contributed by atoms with Gasteiger partial charge in [-0.05, 0) is 119 Å². The minimum absolute atomic E-state index is 0.897. The molecule has 3 nitrogen and oxygen atoms in total. The molecule has 3 heteroatoms. The number of hydrogen-bond acceptors (Lipinski definition) is 2. The first-order valence-corrected chi connectivity index (χ1v) is 21.8. The molecule has 0 spiro atoms. The highest BCUT2D eigenvalue weighted by Crippen LogP contribution is 2.41. The van der Waals surface area contributed by atoms with Crippen molar-refractivity contribution >= 4 is 62.1 Å². The average Bonchev–Trinajstić information content (AvgIpc) is 3.90. The fourth-order valence-corrected chi connectivity index (χ4v) is 9.23. The third-order valence-electron chi connectivity index (χ3n) is 12.3. The average molecular weight is 821 g/mol. The first kappa shape index (κ1) is 38.5. The van der Waals surface area contributed by atoms with Gasteiger partial charge in [0.25, 0.3) is 0 Å². The van der Waals surface area contributed by atoms with E-state index in [1.54, 1.807) is 0 Å². The number of nitrogens with zero attached hydrogens (tertiary/aromatic N) is 2. The molecular formula is C61H44N2O. The molecule has 0 N–H and O–H groups in total. The molecule has 2 heterocycles. The number of fused-ring (bicyclic) bond motifs is 4. The van der Waals surface area contributed by atoms with Crippen molar-refractivity contribution in [3.63, 3.8) is 0 Å². The molecule has 0 amide bonds. The standard InChI is InChI=1S/C61H44N2O/c1-3-15-58-53(4-2)57-41-47(32-39-59(57)63(58)52-21-13-20-48(40-52)54-23-14-24-56-55-22-11-12-25-60(55)64-61(54)56)46-30-37-51(38-31-46)62(49-33-26-44(27-34-49)42-16-7-5-8-17-42)50-35-28-45(29-36-50)43-18-9-6-10-19-43/h3-41H,2H2,1H3/b15-3-. The van der Waals surface area contributed by atoms with E-state index in [0.717, 1.165) is 89.1 Å². The summed E-state index contributed by atoms with van der Waals surface area (Å²) in [6.07, 6.45) is 6.28. The van der Waals surface area contributed by atoms with Crippen molar-refractivity contribution < 1.29 is 4.42 Å². The van der Waals surface area contributed by atoms with Crippen molar-refractivity contribution in [2.75, 3.05) is 4.90 Å². The molecule has 0 bridgehead atoms. The summed E-state index contributed by atoms with van der Waals surface area (Å²) in [6, 6.07) is 78.0. The van der Waals surface area contributed by atoms with Crippen molar-refractivity contribution in [3.8, 4) is 50.2 Å². The Morgan fingerprint density at radius 3 is 1.58 bits per heavy atom. The number of rotatable bonds is 10. The molecule has 0 saturated carbocycles. The van der Waals surface area contributed by atoms with Gasteiger partial charge in [0.15, 0.2) is 0 Å². The lowest BCUT2D eigenvalue weighted by atomic mass is 10.0. The Morgan fingerprint density at radius 1 is 0.453 bits per heavy atom. The molecule has 0 aliphatic rings. The molecule has 304 valence electrons. The highest BCUT2D eigenvalue weighted by atomic mass is 16.3. The SMILES string of the molecule is C=Cc1c(/C=C\C)n(-c2cccc(-c3cccc4c3oc3ccccc34)c2)c2ccc(-c3ccc(N(c4ccc(-c5ccccc5)cc4)c4ccc(-c5ccccc5)cc4)cc3)cc12. The van der Waals surface area contributed by atoms with Gasteiger partial charge >= 0.3 is 0 Å². The molecule has 9 aromatic carbocycles. The molecule has 11 rings (SSSR count). The van der Waals surface area contributed by atoms with Crippen LogP contribution in [0.25, 0.3) is 95.2 Å². The Balaban J connectivity index is 0.967. The Morgan fingerprint density at radius 2 is 0.969 bits per heavy atom. The van der Waals surface area contributed by atoms with E-state index in [2.05, 4.69) is 241 Å². The van der Waals surface area contributed by atoms with Crippen LogP contribution >= 0.6 is 0 Å². The number of para-hydroxylation sites is 2. The van der Waals surface area contributed by atoms with Crippen LogP contribution in [0.15, 0.2) is 235 Å². The van der Waals surface area contributed by atoms with Gasteiger partial charge in [-0.3, -0.25) is 0 Å². The van der Waals surface area contributed by atoms with Crippen molar-refractivity contribution in [2.45, 2.75) is 6.92 Å². The van der Waals surface area contributed by atoms with Crippen LogP contribution in [0.3, 0.4) is 0 Å². The van der Waals surface area contributed by atoms with Crippen molar-refractivity contribution in [3.05, 3.63) is 242 Å². The molecule has 0 saturated heterocycles. The lowest BCUT2D eigenvalue weighted by molar-refractivity contribution is 0.670. The number of hydrogen-bond donors (Lipinski definition) is 0. The quantitative estimate of drug-likeness (QED) is 0.137. The van der Waals surface area contributed by atoms with Gasteiger partial charge in [-0.1, -0.05) is 170 Å². The second-order valence-corrected chi connectivity index (χ2v) is 16.1. The molecule has 11 aromatic rings. The number of furan rings is 1. The minimum atomic E-state index is 0.897. The molecule has 0 aliphatic heterocycles. The summed E-state index contributed by atoms with van der Waals surface area (Å²) in [4.78, 5) is 2.33. The third-order valence-corrected chi connectivity index (χ3v) is 12.3. The van der Waals surface area contributed by atoms with Crippen LogP contribution in [-0.4, -0.2) is 4.57 Å². The van der Waals surface area contributed by atoms with E-state index < -0.39 is 0 Å². The normalized spacial score (nSPS) is 11.5. The van der Waals surface area contributed by atoms with Gasteiger partial charge < -0.3 is 13.9 Å². The van der Waals surface area contributed by atoms with E-state index in [1.807, 2.05) is 18.2 Å². The first-order chi connectivity index (χ1) is 31.6. The Labute approximate surface area is 373 Å². The predicted octanol–water partition coefficient (Wildman–Crippen LogP) is 17.3. The van der Waals surface area contributed by atoms with Crippen LogP contribution in [0, 0.1) is 0 Å². The van der Waals surface area contributed by atoms with E-state index in [9.17, 15) is 0 Å². The summed E-state index contributed by atoms with van der Waals surface area (Å²) in [5, 5.41) is 3.40. The Kier molecular flexibility index (Phi) is 9.91. The predicted molar refractivity (Wildman–Crippen MR) is 272 cm³/mol. The molecule has 0 atom stereocenters. The second kappa shape index (κ2) is 16.5. The largest absolute Gasteiger partial charge is 0.455 e. The van der Waals surface area contributed by atoms with E-state index in [4.69, 9.17) is 4.42 Å². The van der Waals surface area contributed by atoms with Crippen molar-refractivity contribution in [1.82, 2.24) is 4.57 Å². The van der Waals surface area contributed by atoms with Crippen molar-refractivity contribution in [1.29, 1.82) is 0 Å². The molecule has 0 unspecified atom stereocenters. The van der Waals surface area contributed by atoms with Gasteiger partial charge in [-0.25, -0.2) is 0 Å². The molecular weight excluding hydrogens is 777 g/mol. The fraction of sp³-hybridized carbons (Fsp3) is 0.0164. The van der Waals surface area contributed by atoms with Crippen LogP contribution in [0.5, 0.6) is 0 Å². The lowest BCUT2D eigenvalue weighted by Gasteiger charge is -2.26. The Hall–Kier alpha value is -8.40. The summed E-state index contributed by atoms with van der Waals surface area (Å²) in [6.45, 7) is 6.39. The lowest BCUT2D eigenvalue weighted by Crippen LogP contribution is -2.09. The zero-order valence-electron chi connectivity index (χ0n) is 35.5. The van der Waals surface area contributed by atoms with E-state index >= 15 is 0 Å². The number of allylic oxidation sites excluding steroid dienone is 1. The summed E-state index contributed by atoms with van der Waals surface area (Å²) in [5.41, 5.74) is 18.7. The van der Waals surface area contributed by atoms with Crippen LogP contribution in [0.1, 0.15) is 18.2 Å². The third kappa shape index (κ3) is 6.90. The number of benzene rings is 9. The van der Waals surface area contributed by atoms with Crippen molar-refractivity contribution in [2.24, 2.45) is 0 Å². The number of anilines is 3. The number of aromatic nitrogens is 1. The molecule has 0 aliphatic carbocycles. The van der Waals surface area contributed by atoms with E-state index in [1.165, 1.54) is 22.3 Å².